The Bertz CT molecular complexity index is 500. The summed E-state index contributed by atoms with van der Waals surface area (Å²) in [5.41, 5.74) is 2.97. The third-order valence-corrected chi connectivity index (χ3v) is 2.85. The van der Waals surface area contributed by atoms with Crippen LogP contribution in [0.1, 0.15) is 17.5 Å². The van der Waals surface area contributed by atoms with Gasteiger partial charge in [-0.2, -0.15) is 0 Å². The fourth-order valence-electron chi connectivity index (χ4n) is 1.87. The Morgan fingerprint density at radius 1 is 1.32 bits per heavy atom. The van der Waals surface area contributed by atoms with Gasteiger partial charge < -0.3 is 15.7 Å². The van der Waals surface area contributed by atoms with E-state index < -0.39 is 17.9 Å². The molecule has 1 saturated heterocycles. The molecule has 100 valence electrons. The van der Waals surface area contributed by atoms with Crippen LogP contribution >= 0.6 is 0 Å². The molecule has 0 radical (unpaired) electrons. The van der Waals surface area contributed by atoms with E-state index in [1.807, 2.05) is 0 Å². The van der Waals surface area contributed by atoms with Crippen molar-refractivity contribution in [1.29, 1.82) is 0 Å². The van der Waals surface area contributed by atoms with E-state index in [1.54, 1.807) is 0 Å². The first-order chi connectivity index (χ1) is 9.04. The van der Waals surface area contributed by atoms with E-state index in [9.17, 15) is 14.4 Å². The first kappa shape index (κ1) is 13.1. The van der Waals surface area contributed by atoms with E-state index in [4.69, 9.17) is 5.11 Å². The molecule has 1 unspecified atom stereocenters. The van der Waals surface area contributed by atoms with Crippen LogP contribution in [0.4, 0.5) is 0 Å². The number of nitrogens with one attached hydrogen (secondary N) is 2. The summed E-state index contributed by atoms with van der Waals surface area (Å²) in [6.45, 7) is -0.0745. The number of carbonyl (C=O) groups excluding carboxylic acids is 2. The lowest BCUT2D eigenvalue weighted by molar-refractivity contribution is -0.142. The van der Waals surface area contributed by atoms with Crippen LogP contribution in [0.25, 0.3) is 0 Å². The molecular weight excluding hydrogens is 248 g/mol. The van der Waals surface area contributed by atoms with E-state index in [0.29, 0.717) is 0 Å². The van der Waals surface area contributed by atoms with Crippen LogP contribution in [0.5, 0.6) is 0 Å². The molecule has 1 aliphatic heterocycles. The van der Waals surface area contributed by atoms with Gasteiger partial charge in [-0.1, -0.05) is 24.3 Å². The average molecular weight is 262 g/mol. The highest BCUT2D eigenvalue weighted by Crippen LogP contribution is 2.18. The van der Waals surface area contributed by atoms with Crippen LogP contribution in [-0.4, -0.2) is 35.5 Å². The number of fused-ring (bicyclic) bond motifs is 2. The Hall–Kier alpha value is -2.37. The van der Waals surface area contributed by atoms with E-state index in [2.05, 4.69) is 34.9 Å². The minimum absolute atomic E-state index is 0.0745. The van der Waals surface area contributed by atoms with Crippen molar-refractivity contribution in [2.45, 2.75) is 18.9 Å². The van der Waals surface area contributed by atoms with Gasteiger partial charge in [0.2, 0.25) is 11.8 Å². The van der Waals surface area contributed by atoms with Gasteiger partial charge in [-0.15, -0.1) is 0 Å². The van der Waals surface area contributed by atoms with Gasteiger partial charge >= 0.3 is 5.97 Å². The summed E-state index contributed by atoms with van der Waals surface area (Å²) in [7, 11) is 0. The summed E-state index contributed by atoms with van der Waals surface area (Å²) in [6, 6.07) is 7.72. The van der Waals surface area contributed by atoms with E-state index in [1.165, 1.54) is 17.5 Å². The van der Waals surface area contributed by atoms with Gasteiger partial charge in [-0.05, 0) is 17.5 Å². The molecule has 1 heterocycles. The molecule has 6 nitrogen and oxygen atoms in total. The van der Waals surface area contributed by atoms with Crippen molar-refractivity contribution >= 4 is 17.8 Å². The third kappa shape index (κ3) is 3.54. The summed E-state index contributed by atoms with van der Waals surface area (Å²) in [5.74, 6) is -1.92. The second kappa shape index (κ2) is 5.51. The van der Waals surface area contributed by atoms with Crippen molar-refractivity contribution in [3.8, 4) is 0 Å². The van der Waals surface area contributed by atoms with Gasteiger partial charge in [0.1, 0.15) is 6.04 Å². The lowest BCUT2D eigenvalue weighted by Crippen LogP contribution is -2.56. The van der Waals surface area contributed by atoms with Gasteiger partial charge in [-0.3, -0.25) is 14.4 Å². The van der Waals surface area contributed by atoms with Crippen molar-refractivity contribution in [1.82, 2.24) is 10.6 Å². The molecule has 3 aliphatic rings. The molecule has 3 N–H and O–H groups in total. The summed E-state index contributed by atoms with van der Waals surface area (Å²) < 4.78 is 0. The highest BCUT2D eigenvalue weighted by Gasteiger charge is 2.27. The van der Waals surface area contributed by atoms with Crippen molar-refractivity contribution in [2.24, 2.45) is 0 Å². The Kier molecular flexibility index (Phi) is 3.79. The van der Waals surface area contributed by atoms with Gasteiger partial charge in [0.05, 0.1) is 13.0 Å². The molecule has 19 heavy (non-hydrogen) atoms. The number of amides is 2. The molecule has 1 fully saturated rings. The Morgan fingerprint density at radius 3 is 2.37 bits per heavy atom. The molecule has 2 amide bonds. The Labute approximate surface area is 109 Å². The zero-order valence-electron chi connectivity index (χ0n) is 10.2. The summed E-state index contributed by atoms with van der Waals surface area (Å²) in [4.78, 5) is 31.8. The number of rotatable bonds is 2. The predicted octanol–water partition coefficient (Wildman–Crippen LogP) is -0.333. The van der Waals surface area contributed by atoms with Crippen LogP contribution in [0.15, 0.2) is 24.3 Å². The maximum absolute atomic E-state index is 10.9. The van der Waals surface area contributed by atoms with Gasteiger partial charge in [-0.25, -0.2) is 0 Å². The maximum atomic E-state index is 10.9. The zero-order valence-corrected chi connectivity index (χ0v) is 10.2. The molecule has 1 atom stereocenters. The quantitative estimate of drug-likeness (QED) is 0.690. The Balaban J connectivity index is 0.000000159. The first-order valence-electron chi connectivity index (χ1n) is 5.91. The summed E-state index contributed by atoms with van der Waals surface area (Å²) in [6.07, 6.45) is 0.841. The SMILES string of the molecule is O=C(O)CC1NC(=O)CNC1=O.c1cc2cc(c1)C2. The van der Waals surface area contributed by atoms with Crippen molar-refractivity contribution in [3.05, 3.63) is 35.4 Å². The van der Waals surface area contributed by atoms with Crippen molar-refractivity contribution < 1.29 is 19.5 Å². The maximum Gasteiger partial charge on any atom is 0.305 e. The highest BCUT2D eigenvalue weighted by atomic mass is 16.4. The number of hydrogen-bond donors (Lipinski definition) is 3. The topological polar surface area (TPSA) is 95.5 Å². The lowest BCUT2D eigenvalue weighted by atomic mass is 9.94. The monoisotopic (exact) mass is 262 g/mol. The molecule has 0 spiro atoms. The number of aliphatic carboxylic acids is 1. The van der Waals surface area contributed by atoms with Crippen LogP contribution < -0.4 is 10.6 Å². The van der Waals surface area contributed by atoms with Crippen molar-refractivity contribution in [2.75, 3.05) is 6.54 Å². The Morgan fingerprint density at radius 2 is 1.95 bits per heavy atom. The fraction of sp³-hybridized carbons (Fsp3) is 0.308. The molecule has 2 aliphatic carbocycles. The van der Waals surface area contributed by atoms with E-state index >= 15 is 0 Å². The summed E-state index contributed by atoms with van der Waals surface area (Å²) >= 11 is 0. The molecule has 1 aromatic carbocycles. The normalized spacial score (nSPS) is 19.3. The standard InChI is InChI=1S/C7H6.C6H8N2O4/c1-2-6-4-7(3-1)5-6;9-4-2-7-6(12)3(8-4)1-5(10)11/h1-4H,5H2;3H,1-2H2,(H,7,12)(H,8,9)(H,10,11). The zero-order chi connectivity index (χ0) is 13.8. The highest BCUT2D eigenvalue weighted by molar-refractivity contribution is 5.96. The van der Waals surface area contributed by atoms with Gasteiger partial charge in [0.15, 0.2) is 0 Å². The largest absolute Gasteiger partial charge is 0.481 e. The molecule has 1 aromatic rings. The fourth-order valence-corrected chi connectivity index (χ4v) is 1.87. The number of carboxylic acid groups (broad SMARTS) is 1. The molecular formula is C13H14N2O4. The van der Waals surface area contributed by atoms with Crippen LogP contribution in [0.2, 0.25) is 0 Å². The van der Waals surface area contributed by atoms with Crippen LogP contribution in [0, 0.1) is 0 Å². The van der Waals surface area contributed by atoms with Crippen molar-refractivity contribution in [3.63, 3.8) is 0 Å². The molecule has 4 rings (SSSR count). The first-order valence-corrected chi connectivity index (χ1v) is 5.91. The second-order valence-corrected chi connectivity index (χ2v) is 4.43. The average Bonchev–Trinajstić information content (AvgIpc) is 2.34. The smallest absolute Gasteiger partial charge is 0.305 e. The van der Waals surface area contributed by atoms with Crippen LogP contribution in [-0.2, 0) is 20.8 Å². The summed E-state index contributed by atoms with van der Waals surface area (Å²) in [5, 5.41) is 12.9. The predicted molar refractivity (Wildman–Crippen MR) is 66.4 cm³/mol. The van der Waals surface area contributed by atoms with E-state index in [0.717, 1.165) is 0 Å². The molecule has 0 aromatic heterocycles. The van der Waals surface area contributed by atoms with Gasteiger partial charge in [0, 0.05) is 0 Å². The molecule has 0 saturated carbocycles. The minimum Gasteiger partial charge on any atom is -0.481 e. The number of piperazine rings is 1. The molecule has 6 heteroatoms. The minimum atomic E-state index is -1.11. The number of carbonyl (C=O) groups is 3. The molecule has 2 bridgehead atoms. The van der Waals surface area contributed by atoms with Crippen LogP contribution in [0.3, 0.4) is 0 Å². The van der Waals surface area contributed by atoms with E-state index in [-0.39, 0.29) is 18.9 Å². The number of carboxylic acids is 1. The number of hydrogen-bond acceptors (Lipinski definition) is 3. The second-order valence-electron chi connectivity index (χ2n) is 4.43. The third-order valence-electron chi connectivity index (χ3n) is 2.85. The number of benzene rings is 1. The van der Waals surface area contributed by atoms with Gasteiger partial charge in [0.25, 0.3) is 0 Å². The lowest BCUT2D eigenvalue weighted by Gasteiger charge is -2.21.